The van der Waals surface area contributed by atoms with Gasteiger partial charge in [-0.05, 0) is 33.7 Å². The molecule has 1 unspecified atom stereocenters. The number of carbonyl (C=O) groups excluding carboxylic acids is 1. The summed E-state index contributed by atoms with van der Waals surface area (Å²) in [6.45, 7) is 5.47. The monoisotopic (exact) mass is 256 g/mol. The van der Waals surface area contributed by atoms with Gasteiger partial charge in [0.25, 0.3) is 6.43 Å². The lowest BCUT2D eigenvalue weighted by atomic mass is 10.2. The summed E-state index contributed by atoms with van der Waals surface area (Å²) in [6, 6.07) is 0. The first-order valence-electron chi connectivity index (χ1n) is 5.35. The zero-order chi connectivity index (χ0) is 13.5. The highest BCUT2D eigenvalue weighted by molar-refractivity contribution is 5.67. The van der Waals surface area contributed by atoms with E-state index in [2.05, 4.69) is 5.32 Å². The second-order valence-corrected chi connectivity index (χ2v) is 4.47. The molecule has 0 aromatic heterocycles. The van der Waals surface area contributed by atoms with Gasteiger partial charge >= 0.3 is 6.09 Å². The number of halogens is 3. The zero-order valence-electron chi connectivity index (χ0n) is 10.2. The normalized spacial score (nSPS) is 13.6. The Balaban J connectivity index is 3.49. The Hall–Kier alpha value is -0.980. The number of amides is 1. The van der Waals surface area contributed by atoms with Gasteiger partial charge in [0.1, 0.15) is 5.60 Å². The third-order valence-electron chi connectivity index (χ3n) is 1.58. The molecule has 0 bridgehead atoms. The van der Waals surface area contributed by atoms with Crippen LogP contribution in [0.25, 0.3) is 0 Å². The average Bonchev–Trinajstić information content (AvgIpc) is 2.13. The highest BCUT2D eigenvalue weighted by Crippen LogP contribution is 2.06. The minimum atomic E-state index is -3.03. The van der Waals surface area contributed by atoms with Gasteiger partial charge in [-0.3, -0.25) is 5.32 Å². The number of hydrogen-bond acceptors (Lipinski definition) is 3. The molecule has 0 aromatic carbocycles. The van der Waals surface area contributed by atoms with Crippen LogP contribution in [-0.4, -0.2) is 37.5 Å². The van der Waals surface area contributed by atoms with Crippen LogP contribution in [0.15, 0.2) is 0 Å². The number of alkyl carbamates (subject to hydrolysis) is 1. The van der Waals surface area contributed by atoms with Crippen LogP contribution in [0.2, 0.25) is 0 Å². The number of rotatable bonds is 6. The standard InChI is InChI=1S/C10H19F3N2O2/c1-10(2,3)17-9(16)15-6-4-5-14-8(13)7(11)12/h7-8,14H,4-6H2,1-3H3,(H,15,16). The molecule has 1 amide bonds. The van der Waals surface area contributed by atoms with Crippen LogP contribution in [-0.2, 0) is 4.74 Å². The zero-order valence-corrected chi connectivity index (χ0v) is 10.2. The minimum Gasteiger partial charge on any atom is -0.444 e. The topological polar surface area (TPSA) is 50.4 Å². The van der Waals surface area contributed by atoms with Crippen molar-refractivity contribution < 1.29 is 22.7 Å². The molecule has 0 radical (unpaired) electrons. The van der Waals surface area contributed by atoms with E-state index in [1.807, 2.05) is 5.32 Å². The van der Waals surface area contributed by atoms with Crippen molar-refractivity contribution in [3.05, 3.63) is 0 Å². The first-order chi connectivity index (χ1) is 7.72. The Kier molecular flexibility index (Phi) is 6.94. The lowest BCUT2D eigenvalue weighted by molar-refractivity contribution is 0.0306. The van der Waals surface area contributed by atoms with Crippen molar-refractivity contribution in [3.8, 4) is 0 Å². The molecule has 1 atom stereocenters. The van der Waals surface area contributed by atoms with E-state index in [1.54, 1.807) is 20.8 Å². The van der Waals surface area contributed by atoms with Crippen LogP contribution >= 0.6 is 0 Å². The molecule has 0 saturated heterocycles. The molecule has 0 fully saturated rings. The molecule has 0 aliphatic rings. The fraction of sp³-hybridized carbons (Fsp3) is 0.900. The maximum absolute atomic E-state index is 12.4. The van der Waals surface area contributed by atoms with E-state index in [9.17, 15) is 18.0 Å². The SMILES string of the molecule is CC(C)(C)OC(=O)NCCCNC(F)C(F)F. The van der Waals surface area contributed by atoms with Crippen molar-refractivity contribution in [1.82, 2.24) is 10.6 Å². The number of nitrogens with one attached hydrogen (secondary N) is 2. The fourth-order valence-electron chi connectivity index (χ4n) is 0.922. The second kappa shape index (κ2) is 7.37. The van der Waals surface area contributed by atoms with Crippen LogP contribution in [0.1, 0.15) is 27.2 Å². The van der Waals surface area contributed by atoms with Gasteiger partial charge in [-0.1, -0.05) is 0 Å². The molecule has 7 heteroatoms. The fourth-order valence-corrected chi connectivity index (χ4v) is 0.922. The van der Waals surface area contributed by atoms with Crippen LogP contribution in [0.5, 0.6) is 0 Å². The van der Waals surface area contributed by atoms with E-state index in [0.717, 1.165) is 0 Å². The number of carbonyl (C=O) groups is 1. The third kappa shape index (κ3) is 9.92. The summed E-state index contributed by atoms with van der Waals surface area (Å²) < 4.78 is 40.7. The number of ether oxygens (including phenoxy) is 1. The van der Waals surface area contributed by atoms with Gasteiger partial charge in [-0.2, -0.15) is 0 Å². The van der Waals surface area contributed by atoms with Crippen molar-refractivity contribution in [3.63, 3.8) is 0 Å². The van der Waals surface area contributed by atoms with E-state index in [4.69, 9.17) is 4.74 Å². The maximum atomic E-state index is 12.4. The molecular weight excluding hydrogens is 237 g/mol. The molecule has 0 aromatic rings. The van der Waals surface area contributed by atoms with Crippen molar-refractivity contribution in [2.75, 3.05) is 13.1 Å². The summed E-state index contributed by atoms with van der Waals surface area (Å²) in [7, 11) is 0. The Morgan fingerprint density at radius 3 is 2.29 bits per heavy atom. The summed E-state index contributed by atoms with van der Waals surface area (Å²) >= 11 is 0. The molecule has 0 heterocycles. The third-order valence-corrected chi connectivity index (χ3v) is 1.58. The Morgan fingerprint density at radius 1 is 1.24 bits per heavy atom. The lowest BCUT2D eigenvalue weighted by Gasteiger charge is -2.19. The molecule has 2 N–H and O–H groups in total. The first kappa shape index (κ1) is 16.0. The summed E-state index contributed by atoms with van der Waals surface area (Å²) in [4.78, 5) is 11.1. The van der Waals surface area contributed by atoms with E-state index >= 15 is 0 Å². The van der Waals surface area contributed by atoms with Crippen molar-refractivity contribution in [2.45, 2.75) is 45.5 Å². The van der Waals surface area contributed by atoms with Gasteiger partial charge in [-0.15, -0.1) is 0 Å². The number of hydrogen-bond donors (Lipinski definition) is 2. The van der Waals surface area contributed by atoms with Crippen LogP contribution in [0.4, 0.5) is 18.0 Å². The first-order valence-corrected chi connectivity index (χ1v) is 5.35. The Bertz CT molecular complexity index is 232. The van der Waals surface area contributed by atoms with Crippen molar-refractivity contribution in [1.29, 1.82) is 0 Å². The molecule has 0 aliphatic heterocycles. The van der Waals surface area contributed by atoms with Gasteiger partial charge < -0.3 is 10.1 Å². The van der Waals surface area contributed by atoms with E-state index in [-0.39, 0.29) is 13.1 Å². The van der Waals surface area contributed by atoms with Gasteiger partial charge in [0.05, 0.1) is 0 Å². The Labute approximate surface area is 98.9 Å². The summed E-state index contributed by atoms with van der Waals surface area (Å²) in [5.41, 5.74) is -0.581. The molecule has 4 nitrogen and oxygen atoms in total. The molecule has 102 valence electrons. The minimum absolute atomic E-state index is 0.0568. The molecule has 0 aliphatic carbocycles. The summed E-state index contributed by atoms with van der Waals surface area (Å²) in [5, 5.41) is 4.43. The van der Waals surface area contributed by atoms with Gasteiger partial charge in [0.15, 0.2) is 0 Å². The predicted molar refractivity (Wildman–Crippen MR) is 57.8 cm³/mol. The second-order valence-electron chi connectivity index (χ2n) is 4.47. The smallest absolute Gasteiger partial charge is 0.407 e. The maximum Gasteiger partial charge on any atom is 0.407 e. The van der Waals surface area contributed by atoms with Crippen LogP contribution < -0.4 is 10.6 Å². The van der Waals surface area contributed by atoms with E-state index in [0.29, 0.717) is 6.42 Å². The quantitative estimate of drug-likeness (QED) is 0.565. The lowest BCUT2D eigenvalue weighted by Crippen LogP contribution is -2.36. The van der Waals surface area contributed by atoms with Gasteiger partial charge in [0, 0.05) is 6.54 Å². The molecule has 0 spiro atoms. The average molecular weight is 256 g/mol. The molecule has 0 rings (SSSR count). The van der Waals surface area contributed by atoms with E-state index in [1.165, 1.54) is 0 Å². The highest BCUT2D eigenvalue weighted by Gasteiger charge is 2.18. The largest absolute Gasteiger partial charge is 0.444 e. The molecular formula is C10H19F3N2O2. The van der Waals surface area contributed by atoms with Crippen LogP contribution in [0.3, 0.4) is 0 Å². The summed E-state index contributed by atoms with van der Waals surface area (Å²) in [6.07, 6.45) is -5.60. The summed E-state index contributed by atoms with van der Waals surface area (Å²) in [5.74, 6) is 0. The van der Waals surface area contributed by atoms with Crippen LogP contribution in [0, 0.1) is 0 Å². The number of alkyl halides is 3. The van der Waals surface area contributed by atoms with E-state index < -0.39 is 24.4 Å². The van der Waals surface area contributed by atoms with Crippen molar-refractivity contribution in [2.24, 2.45) is 0 Å². The molecule has 17 heavy (non-hydrogen) atoms. The highest BCUT2D eigenvalue weighted by atomic mass is 19.3. The van der Waals surface area contributed by atoms with Gasteiger partial charge in [0.2, 0.25) is 6.30 Å². The van der Waals surface area contributed by atoms with Crippen molar-refractivity contribution >= 4 is 6.09 Å². The predicted octanol–water partition coefficient (Wildman–Crippen LogP) is 2.05. The van der Waals surface area contributed by atoms with Gasteiger partial charge in [-0.25, -0.2) is 18.0 Å². The Morgan fingerprint density at radius 2 is 1.82 bits per heavy atom. The molecule has 0 saturated carbocycles.